The number of fused-ring (bicyclic) bond motifs is 6. The summed E-state index contributed by atoms with van der Waals surface area (Å²) in [5.41, 5.74) is 7.19. The van der Waals surface area contributed by atoms with Gasteiger partial charge in [0.25, 0.3) is 0 Å². The van der Waals surface area contributed by atoms with Gasteiger partial charge in [-0.3, -0.25) is 0 Å². The molecule has 0 radical (unpaired) electrons. The lowest BCUT2D eigenvalue weighted by Gasteiger charge is -2.08. The van der Waals surface area contributed by atoms with Crippen LogP contribution in [0.5, 0.6) is 0 Å². The fourth-order valence-corrected chi connectivity index (χ4v) is 6.71. The van der Waals surface area contributed by atoms with Crippen LogP contribution in [0.25, 0.3) is 55.3 Å². The Bertz CT molecular complexity index is 1860. The second kappa shape index (κ2) is 6.92. The maximum atomic E-state index is 13.3. The number of benzene rings is 5. The van der Waals surface area contributed by atoms with Crippen molar-refractivity contribution in [1.29, 1.82) is 0 Å². The van der Waals surface area contributed by atoms with Crippen molar-refractivity contribution in [3.63, 3.8) is 0 Å². The van der Waals surface area contributed by atoms with Gasteiger partial charge in [0.15, 0.2) is 0 Å². The zero-order chi connectivity index (χ0) is 22.9. The molecule has 6 aromatic rings. The van der Waals surface area contributed by atoms with Crippen LogP contribution in [-0.2, 0) is 9.84 Å². The molecule has 0 fully saturated rings. The van der Waals surface area contributed by atoms with Crippen LogP contribution in [0, 0.1) is 0 Å². The quantitative estimate of drug-likeness (QED) is 0.266. The summed E-state index contributed by atoms with van der Waals surface area (Å²) in [4.78, 5) is 0.729. The van der Waals surface area contributed by atoms with Crippen molar-refractivity contribution in [3.05, 3.63) is 109 Å². The Labute approximate surface area is 196 Å². The van der Waals surface area contributed by atoms with Crippen molar-refractivity contribution in [1.82, 2.24) is 0 Å². The zero-order valence-electron chi connectivity index (χ0n) is 18.0. The number of hydrogen-bond donors (Lipinski definition) is 0. The first kappa shape index (κ1) is 19.3. The summed E-state index contributed by atoms with van der Waals surface area (Å²) in [5.74, 6) is 0. The van der Waals surface area contributed by atoms with E-state index < -0.39 is 9.84 Å². The van der Waals surface area contributed by atoms with Crippen LogP contribution >= 0.6 is 0 Å². The van der Waals surface area contributed by atoms with E-state index in [1.54, 1.807) is 12.1 Å². The molecule has 34 heavy (non-hydrogen) atoms. The van der Waals surface area contributed by atoms with Gasteiger partial charge in [-0.1, -0.05) is 72.8 Å². The summed E-state index contributed by atoms with van der Waals surface area (Å²) >= 11 is 0. The Morgan fingerprint density at radius 2 is 1.15 bits per heavy atom. The minimum Gasteiger partial charge on any atom is -0.456 e. The van der Waals surface area contributed by atoms with Gasteiger partial charge in [0.05, 0.1) is 9.79 Å². The third kappa shape index (κ3) is 2.66. The predicted molar refractivity (Wildman–Crippen MR) is 135 cm³/mol. The standard InChI is InChI=1S/C30H18O3S/c31-34(32)28-15-13-20(19-7-2-1-3-8-19)17-24(28)25-18-21(14-16-29(25)34)22-10-6-12-27-30(22)23-9-4-5-11-26(23)33-27/h1-18H. The van der Waals surface area contributed by atoms with E-state index in [0.29, 0.717) is 9.79 Å². The first-order chi connectivity index (χ1) is 16.6. The SMILES string of the molecule is O=S1(=O)c2ccc(-c3ccccc3)cc2-c2cc(-c3cccc4oc5ccccc5c34)ccc21. The fraction of sp³-hybridized carbons (Fsp3) is 0. The number of hydrogen-bond acceptors (Lipinski definition) is 3. The number of rotatable bonds is 2. The predicted octanol–water partition coefficient (Wildman–Crippen LogP) is 7.73. The van der Waals surface area contributed by atoms with Crippen LogP contribution in [0.4, 0.5) is 0 Å². The number of para-hydroxylation sites is 1. The van der Waals surface area contributed by atoms with Crippen LogP contribution < -0.4 is 0 Å². The highest BCUT2D eigenvalue weighted by Gasteiger charge is 2.33. The summed E-state index contributed by atoms with van der Waals surface area (Å²) in [7, 11) is -3.55. The van der Waals surface area contributed by atoms with Crippen molar-refractivity contribution in [3.8, 4) is 33.4 Å². The third-order valence-electron chi connectivity index (χ3n) is 6.65. The molecule has 7 rings (SSSR count). The molecule has 1 aliphatic rings. The fourth-order valence-electron chi connectivity index (χ4n) is 5.06. The van der Waals surface area contributed by atoms with Gasteiger partial charge in [-0.25, -0.2) is 8.42 Å². The van der Waals surface area contributed by atoms with Crippen molar-refractivity contribution in [2.24, 2.45) is 0 Å². The number of furan rings is 1. The Morgan fingerprint density at radius 1 is 0.500 bits per heavy atom. The first-order valence-electron chi connectivity index (χ1n) is 11.1. The molecule has 5 aromatic carbocycles. The van der Waals surface area contributed by atoms with Crippen molar-refractivity contribution in [2.75, 3.05) is 0 Å². The van der Waals surface area contributed by atoms with Gasteiger partial charge in [-0.2, -0.15) is 0 Å². The summed E-state index contributed by atoms with van der Waals surface area (Å²) in [6.07, 6.45) is 0. The molecule has 0 saturated carbocycles. The molecule has 4 heteroatoms. The Kier molecular flexibility index (Phi) is 3.94. The normalized spacial score (nSPS) is 13.8. The van der Waals surface area contributed by atoms with E-state index >= 15 is 0 Å². The van der Waals surface area contributed by atoms with E-state index in [-0.39, 0.29) is 0 Å². The molecule has 0 N–H and O–H groups in total. The molecule has 0 amide bonds. The molecule has 0 aliphatic carbocycles. The van der Waals surface area contributed by atoms with Gasteiger partial charge < -0.3 is 4.42 Å². The van der Waals surface area contributed by atoms with E-state index in [0.717, 1.165) is 55.3 Å². The highest BCUT2D eigenvalue weighted by atomic mass is 32.2. The molecular weight excluding hydrogens is 440 g/mol. The first-order valence-corrected chi connectivity index (χ1v) is 12.6. The lowest BCUT2D eigenvalue weighted by molar-refractivity contribution is 0.598. The summed E-state index contributed by atoms with van der Waals surface area (Å²) in [6, 6.07) is 35.3. The van der Waals surface area contributed by atoms with Gasteiger partial charge in [-0.15, -0.1) is 0 Å². The molecule has 2 heterocycles. The molecule has 1 aliphatic heterocycles. The maximum absolute atomic E-state index is 13.3. The molecule has 3 nitrogen and oxygen atoms in total. The molecule has 1 aromatic heterocycles. The van der Waals surface area contributed by atoms with Crippen LogP contribution in [0.2, 0.25) is 0 Å². The van der Waals surface area contributed by atoms with Gasteiger partial charge in [0.2, 0.25) is 9.84 Å². The maximum Gasteiger partial charge on any atom is 0.207 e. The molecule has 162 valence electrons. The van der Waals surface area contributed by atoms with E-state index in [9.17, 15) is 8.42 Å². The lowest BCUT2D eigenvalue weighted by atomic mass is 9.94. The average Bonchev–Trinajstić information content (AvgIpc) is 3.37. The summed E-state index contributed by atoms with van der Waals surface area (Å²) in [6.45, 7) is 0. The van der Waals surface area contributed by atoms with Crippen LogP contribution in [0.3, 0.4) is 0 Å². The van der Waals surface area contributed by atoms with E-state index in [1.165, 1.54) is 0 Å². The lowest BCUT2D eigenvalue weighted by Crippen LogP contribution is -1.96. The monoisotopic (exact) mass is 458 g/mol. The molecule has 0 atom stereocenters. The largest absolute Gasteiger partial charge is 0.456 e. The van der Waals surface area contributed by atoms with Crippen molar-refractivity contribution >= 4 is 31.8 Å². The average molecular weight is 459 g/mol. The van der Waals surface area contributed by atoms with Crippen molar-refractivity contribution in [2.45, 2.75) is 9.79 Å². The van der Waals surface area contributed by atoms with Gasteiger partial charge in [0, 0.05) is 21.9 Å². The molecule has 0 unspecified atom stereocenters. The smallest absolute Gasteiger partial charge is 0.207 e. The molecule has 0 spiro atoms. The highest BCUT2D eigenvalue weighted by molar-refractivity contribution is 7.92. The zero-order valence-corrected chi connectivity index (χ0v) is 18.8. The Hall–Kier alpha value is -4.15. The van der Waals surface area contributed by atoms with Gasteiger partial charge in [-0.05, 0) is 58.7 Å². The Balaban J connectivity index is 1.48. The number of sulfone groups is 1. The summed E-state index contributed by atoms with van der Waals surface area (Å²) in [5, 5.41) is 2.09. The van der Waals surface area contributed by atoms with E-state index in [1.807, 2.05) is 84.9 Å². The summed E-state index contributed by atoms with van der Waals surface area (Å²) < 4.78 is 32.7. The third-order valence-corrected chi connectivity index (χ3v) is 8.52. The second-order valence-corrected chi connectivity index (χ2v) is 10.5. The van der Waals surface area contributed by atoms with Crippen molar-refractivity contribution < 1.29 is 12.8 Å². The van der Waals surface area contributed by atoms with Gasteiger partial charge in [0.1, 0.15) is 11.2 Å². The topological polar surface area (TPSA) is 47.3 Å². The minimum absolute atomic E-state index is 0.362. The highest BCUT2D eigenvalue weighted by Crippen LogP contribution is 2.47. The Morgan fingerprint density at radius 3 is 1.94 bits per heavy atom. The van der Waals surface area contributed by atoms with E-state index in [4.69, 9.17) is 4.42 Å². The van der Waals surface area contributed by atoms with Crippen LogP contribution in [0.1, 0.15) is 0 Å². The second-order valence-electron chi connectivity index (χ2n) is 8.57. The van der Waals surface area contributed by atoms with Crippen LogP contribution in [-0.4, -0.2) is 8.42 Å². The molecule has 0 bridgehead atoms. The van der Waals surface area contributed by atoms with Crippen LogP contribution in [0.15, 0.2) is 123 Å². The minimum atomic E-state index is -3.55. The van der Waals surface area contributed by atoms with E-state index in [2.05, 4.69) is 12.1 Å². The van der Waals surface area contributed by atoms with Gasteiger partial charge >= 0.3 is 0 Å². The molecule has 0 saturated heterocycles. The molecular formula is C30H18O3S.